The fraction of sp³-hybridized carbons (Fsp3) is 0.278. The van der Waals surface area contributed by atoms with Gasteiger partial charge in [-0.1, -0.05) is 17.7 Å². The lowest BCUT2D eigenvalue weighted by molar-refractivity contribution is -0.122. The van der Waals surface area contributed by atoms with Crippen molar-refractivity contribution in [3.8, 4) is 0 Å². The maximum absolute atomic E-state index is 12.4. The van der Waals surface area contributed by atoms with Gasteiger partial charge < -0.3 is 10.2 Å². The molecule has 3 rings (SSSR count). The summed E-state index contributed by atoms with van der Waals surface area (Å²) in [6.45, 7) is 4.34. The van der Waals surface area contributed by atoms with Crippen molar-refractivity contribution in [1.29, 1.82) is 0 Å². The number of aromatic nitrogens is 1. The number of amides is 2. The molecule has 1 aromatic heterocycles. The van der Waals surface area contributed by atoms with Gasteiger partial charge in [0, 0.05) is 24.8 Å². The van der Waals surface area contributed by atoms with Gasteiger partial charge >= 0.3 is 0 Å². The van der Waals surface area contributed by atoms with E-state index in [-0.39, 0.29) is 24.2 Å². The molecule has 0 aliphatic carbocycles. The van der Waals surface area contributed by atoms with Crippen molar-refractivity contribution in [1.82, 2.24) is 4.98 Å². The summed E-state index contributed by atoms with van der Waals surface area (Å²) in [5.41, 5.74) is 3.00. The molecule has 2 amide bonds. The maximum Gasteiger partial charge on any atom is 0.230 e. The summed E-state index contributed by atoms with van der Waals surface area (Å²) in [6.07, 6.45) is 1.88. The number of nitrogens with zero attached hydrogens (tertiary/aromatic N) is 2. The molecule has 118 valence electrons. The second kappa shape index (κ2) is 6.20. The molecule has 0 radical (unpaired) electrons. The Hall–Kier alpha value is -2.69. The second-order valence-electron chi connectivity index (χ2n) is 5.95. The topological polar surface area (TPSA) is 62.3 Å². The minimum Gasteiger partial charge on any atom is -0.312 e. The van der Waals surface area contributed by atoms with Crippen LogP contribution in [0.4, 0.5) is 11.5 Å². The Morgan fingerprint density at radius 2 is 1.91 bits per heavy atom. The van der Waals surface area contributed by atoms with Crippen LogP contribution in [0.15, 0.2) is 42.6 Å². The molecule has 0 unspecified atom stereocenters. The lowest BCUT2D eigenvalue weighted by Crippen LogP contribution is -2.28. The van der Waals surface area contributed by atoms with Crippen LogP contribution in [0, 0.1) is 19.8 Å². The van der Waals surface area contributed by atoms with Crippen molar-refractivity contribution in [2.75, 3.05) is 16.8 Å². The standard InChI is InChI=1S/C18H19N3O2/c1-12-3-5-15(6-4-12)21-11-14(10-17(21)22)18(23)20-16-9-13(2)7-8-19-16/h3-9,14H,10-11H2,1-2H3,(H,19,20,23)/t14-/m0/s1. The number of rotatable bonds is 3. The van der Waals surface area contributed by atoms with Crippen molar-refractivity contribution >= 4 is 23.3 Å². The summed E-state index contributed by atoms with van der Waals surface area (Å²) in [7, 11) is 0. The smallest absolute Gasteiger partial charge is 0.230 e. The number of anilines is 2. The lowest BCUT2D eigenvalue weighted by Gasteiger charge is -2.17. The molecule has 1 atom stereocenters. The van der Waals surface area contributed by atoms with Gasteiger partial charge in [0.25, 0.3) is 0 Å². The summed E-state index contributed by atoms with van der Waals surface area (Å²) < 4.78 is 0. The zero-order valence-electron chi connectivity index (χ0n) is 13.2. The number of hydrogen-bond donors (Lipinski definition) is 1. The van der Waals surface area contributed by atoms with E-state index in [1.54, 1.807) is 11.1 Å². The average molecular weight is 309 g/mol. The van der Waals surface area contributed by atoms with Crippen LogP contribution in [-0.4, -0.2) is 23.3 Å². The van der Waals surface area contributed by atoms with Crippen LogP contribution in [0.2, 0.25) is 0 Å². The van der Waals surface area contributed by atoms with E-state index in [0.717, 1.165) is 16.8 Å². The fourth-order valence-electron chi connectivity index (χ4n) is 2.69. The van der Waals surface area contributed by atoms with E-state index in [9.17, 15) is 9.59 Å². The minimum atomic E-state index is -0.355. The van der Waals surface area contributed by atoms with Gasteiger partial charge in [0.1, 0.15) is 5.82 Å². The summed E-state index contributed by atoms with van der Waals surface area (Å²) in [5.74, 6) is -0.0142. The molecule has 0 bridgehead atoms. The van der Waals surface area contributed by atoms with Crippen LogP contribution in [-0.2, 0) is 9.59 Å². The average Bonchev–Trinajstić information content (AvgIpc) is 2.90. The quantitative estimate of drug-likeness (QED) is 0.948. The van der Waals surface area contributed by atoms with E-state index in [1.165, 1.54) is 0 Å². The first-order chi connectivity index (χ1) is 11.0. The third kappa shape index (κ3) is 3.39. The van der Waals surface area contributed by atoms with Gasteiger partial charge in [-0.2, -0.15) is 0 Å². The number of benzene rings is 1. The van der Waals surface area contributed by atoms with E-state index in [4.69, 9.17) is 0 Å². The molecule has 0 saturated carbocycles. The Balaban J connectivity index is 1.69. The van der Waals surface area contributed by atoms with Crippen LogP contribution < -0.4 is 10.2 Å². The van der Waals surface area contributed by atoms with Crippen LogP contribution in [0.1, 0.15) is 17.5 Å². The van der Waals surface area contributed by atoms with Gasteiger partial charge in [-0.05, 0) is 43.7 Å². The van der Waals surface area contributed by atoms with Crippen molar-refractivity contribution in [3.63, 3.8) is 0 Å². The lowest BCUT2D eigenvalue weighted by atomic mass is 10.1. The highest BCUT2D eigenvalue weighted by atomic mass is 16.2. The zero-order chi connectivity index (χ0) is 16.4. The highest BCUT2D eigenvalue weighted by Crippen LogP contribution is 2.26. The Bertz CT molecular complexity index is 740. The SMILES string of the molecule is Cc1ccc(N2C[C@@H](C(=O)Nc3cc(C)ccn3)CC2=O)cc1. The molecule has 2 aromatic rings. The highest BCUT2D eigenvalue weighted by Gasteiger charge is 2.35. The van der Waals surface area contributed by atoms with Gasteiger partial charge in [0.15, 0.2) is 0 Å². The summed E-state index contributed by atoms with van der Waals surface area (Å²) in [5, 5.41) is 2.80. The first-order valence-electron chi connectivity index (χ1n) is 7.63. The molecule has 23 heavy (non-hydrogen) atoms. The van der Waals surface area contributed by atoms with Crippen LogP contribution in [0.3, 0.4) is 0 Å². The number of nitrogens with one attached hydrogen (secondary N) is 1. The molecule has 5 nitrogen and oxygen atoms in total. The first-order valence-corrected chi connectivity index (χ1v) is 7.63. The van der Waals surface area contributed by atoms with Gasteiger partial charge in [-0.3, -0.25) is 9.59 Å². The molecule has 5 heteroatoms. The molecule has 1 aliphatic rings. The molecule has 1 aromatic carbocycles. The van der Waals surface area contributed by atoms with Crippen molar-refractivity contribution in [2.24, 2.45) is 5.92 Å². The molecular weight excluding hydrogens is 290 g/mol. The van der Waals surface area contributed by atoms with Crippen LogP contribution in [0.25, 0.3) is 0 Å². The Labute approximate surface area is 135 Å². The van der Waals surface area contributed by atoms with Crippen LogP contribution >= 0.6 is 0 Å². The van der Waals surface area contributed by atoms with Gasteiger partial charge in [-0.15, -0.1) is 0 Å². The number of carbonyl (C=O) groups excluding carboxylic acids is 2. The number of aryl methyl sites for hydroxylation is 2. The molecule has 1 N–H and O–H groups in total. The molecular formula is C18H19N3O2. The highest BCUT2D eigenvalue weighted by molar-refractivity contribution is 6.03. The van der Waals surface area contributed by atoms with E-state index < -0.39 is 0 Å². The molecule has 2 heterocycles. The monoisotopic (exact) mass is 309 g/mol. The molecule has 1 saturated heterocycles. The third-order valence-electron chi connectivity index (χ3n) is 4.01. The van der Waals surface area contributed by atoms with E-state index in [0.29, 0.717) is 12.4 Å². The number of hydrogen-bond acceptors (Lipinski definition) is 3. The summed E-state index contributed by atoms with van der Waals surface area (Å²) in [4.78, 5) is 30.4. The second-order valence-corrected chi connectivity index (χ2v) is 5.95. The predicted octanol–water partition coefficient (Wildman–Crippen LogP) is 2.69. The Morgan fingerprint density at radius 3 is 2.61 bits per heavy atom. The van der Waals surface area contributed by atoms with E-state index in [2.05, 4.69) is 10.3 Å². The Morgan fingerprint density at radius 1 is 1.17 bits per heavy atom. The predicted molar refractivity (Wildman–Crippen MR) is 89.2 cm³/mol. The van der Waals surface area contributed by atoms with E-state index >= 15 is 0 Å². The maximum atomic E-state index is 12.4. The molecule has 1 fully saturated rings. The van der Waals surface area contributed by atoms with Crippen LogP contribution in [0.5, 0.6) is 0 Å². The van der Waals surface area contributed by atoms with E-state index in [1.807, 2.05) is 50.2 Å². The number of pyridine rings is 1. The van der Waals surface area contributed by atoms with Crippen molar-refractivity contribution in [3.05, 3.63) is 53.7 Å². The number of carbonyl (C=O) groups is 2. The molecule has 0 spiro atoms. The van der Waals surface area contributed by atoms with Gasteiger partial charge in [-0.25, -0.2) is 4.98 Å². The van der Waals surface area contributed by atoms with Gasteiger partial charge in [0.05, 0.1) is 5.92 Å². The van der Waals surface area contributed by atoms with Crippen molar-refractivity contribution < 1.29 is 9.59 Å². The third-order valence-corrected chi connectivity index (χ3v) is 4.01. The normalized spacial score (nSPS) is 17.4. The van der Waals surface area contributed by atoms with Gasteiger partial charge in [0.2, 0.25) is 11.8 Å². The zero-order valence-corrected chi connectivity index (χ0v) is 13.2. The van der Waals surface area contributed by atoms with Crippen molar-refractivity contribution in [2.45, 2.75) is 20.3 Å². The largest absolute Gasteiger partial charge is 0.312 e. The fourth-order valence-corrected chi connectivity index (χ4v) is 2.69. The summed E-state index contributed by atoms with van der Waals surface area (Å²) in [6, 6.07) is 11.4. The molecule has 1 aliphatic heterocycles. The summed E-state index contributed by atoms with van der Waals surface area (Å²) >= 11 is 0. The Kier molecular flexibility index (Phi) is 4.10. The first kappa shape index (κ1) is 15.2. The minimum absolute atomic E-state index is 0.0220.